The van der Waals surface area contributed by atoms with Crippen LogP contribution in [-0.2, 0) is 6.61 Å². The number of halogens is 2. The third kappa shape index (κ3) is 3.23. The van der Waals surface area contributed by atoms with Crippen LogP contribution in [0, 0.1) is 5.82 Å². The lowest BCUT2D eigenvalue weighted by atomic mass is 10.2. The monoisotopic (exact) mass is 310 g/mol. The van der Waals surface area contributed by atoms with Gasteiger partial charge in [-0.3, -0.25) is 0 Å². The van der Waals surface area contributed by atoms with Crippen LogP contribution in [0.15, 0.2) is 46.9 Å². The first-order valence-electron chi connectivity index (χ1n) is 5.40. The lowest BCUT2D eigenvalue weighted by molar-refractivity contribution is 0.303. The van der Waals surface area contributed by atoms with Gasteiger partial charge >= 0.3 is 0 Å². The molecular formula is C14H12BrFO2. The van der Waals surface area contributed by atoms with Crippen molar-refractivity contribution in [2.75, 3.05) is 7.11 Å². The quantitative estimate of drug-likeness (QED) is 0.843. The van der Waals surface area contributed by atoms with Gasteiger partial charge in [0.25, 0.3) is 0 Å². The van der Waals surface area contributed by atoms with Crippen molar-refractivity contribution in [2.45, 2.75) is 6.61 Å². The molecule has 2 rings (SSSR count). The Labute approximate surface area is 113 Å². The smallest absolute Gasteiger partial charge is 0.134 e. The van der Waals surface area contributed by atoms with Crippen LogP contribution >= 0.6 is 15.9 Å². The van der Waals surface area contributed by atoms with Crippen molar-refractivity contribution in [2.24, 2.45) is 0 Å². The van der Waals surface area contributed by atoms with Gasteiger partial charge in [0, 0.05) is 0 Å². The highest BCUT2D eigenvalue weighted by Crippen LogP contribution is 2.29. The van der Waals surface area contributed by atoms with Gasteiger partial charge in [0.05, 0.1) is 11.6 Å². The molecule has 0 radical (unpaired) electrons. The number of hydrogen-bond acceptors (Lipinski definition) is 2. The largest absolute Gasteiger partial charge is 0.497 e. The highest BCUT2D eigenvalue weighted by atomic mass is 79.9. The second-order valence-corrected chi connectivity index (χ2v) is 4.57. The molecule has 0 saturated carbocycles. The molecule has 0 aliphatic carbocycles. The van der Waals surface area contributed by atoms with Crippen LogP contribution in [0.5, 0.6) is 11.5 Å². The van der Waals surface area contributed by atoms with Crippen LogP contribution in [0.4, 0.5) is 4.39 Å². The number of hydrogen-bond donors (Lipinski definition) is 0. The SMILES string of the molecule is COc1ccc(OCc2cccc(F)c2)c(Br)c1. The molecule has 0 aromatic heterocycles. The Bertz CT molecular complexity index is 543. The molecule has 18 heavy (non-hydrogen) atoms. The summed E-state index contributed by atoms with van der Waals surface area (Å²) in [6.45, 7) is 0.322. The number of rotatable bonds is 4. The molecule has 0 bridgehead atoms. The summed E-state index contributed by atoms with van der Waals surface area (Å²) < 4.78 is 24.5. The van der Waals surface area contributed by atoms with Gasteiger partial charge in [-0.15, -0.1) is 0 Å². The Kier molecular flexibility index (Phi) is 4.20. The van der Waals surface area contributed by atoms with Gasteiger partial charge in [0.15, 0.2) is 0 Å². The number of ether oxygens (including phenoxy) is 2. The Balaban J connectivity index is 2.06. The van der Waals surface area contributed by atoms with Crippen molar-refractivity contribution >= 4 is 15.9 Å². The molecule has 0 aliphatic rings. The van der Waals surface area contributed by atoms with Gasteiger partial charge in [-0.2, -0.15) is 0 Å². The zero-order valence-electron chi connectivity index (χ0n) is 9.82. The minimum Gasteiger partial charge on any atom is -0.497 e. The summed E-state index contributed by atoms with van der Waals surface area (Å²) >= 11 is 3.40. The van der Waals surface area contributed by atoms with Crippen molar-refractivity contribution in [1.29, 1.82) is 0 Å². The fourth-order valence-corrected chi connectivity index (χ4v) is 1.99. The van der Waals surface area contributed by atoms with Crippen molar-refractivity contribution in [3.8, 4) is 11.5 Å². The van der Waals surface area contributed by atoms with Crippen molar-refractivity contribution in [3.63, 3.8) is 0 Å². The first-order valence-corrected chi connectivity index (χ1v) is 6.19. The topological polar surface area (TPSA) is 18.5 Å². The molecule has 4 heteroatoms. The molecule has 0 amide bonds. The molecule has 0 N–H and O–H groups in total. The Morgan fingerprint density at radius 3 is 2.67 bits per heavy atom. The van der Waals surface area contributed by atoms with Gasteiger partial charge in [0.2, 0.25) is 0 Å². The first-order chi connectivity index (χ1) is 8.69. The fraction of sp³-hybridized carbons (Fsp3) is 0.143. The van der Waals surface area contributed by atoms with E-state index >= 15 is 0 Å². The predicted molar refractivity (Wildman–Crippen MR) is 71.4 cm³/mol. The Hall–Kier alpha value is -1.55. The molecule has 0 spiro atoms. The van der Waals surface area contributed by atoms with E-state index in [4.69, 9.17) is 9.47 Å². The third-order valence-corrected chi connectivity index (χ3v) is 3.04. The molecule has 0 fully saturated rings. The van der Waals surface area contributed by atoms with E-state index in [1.807, 2.05) is 24.3 Å². The van der Waals surface area contributed by atoms with Crippen molar-refractivity contribution in [3.05, 3.63) is 58.3 Å². The van der Waals surface area contributed by atoms with Gasteiger partial charge < -0.3 is 9.47 Å². The fourth-order valence-electron chi connectivity index (χ4n) is 1.51. The van der Waals surface area contributed by atoms with Crippen LogP contribution in [-0.4, -0.2) is 7.11 Å². The summed E-state index contributed by atoms with van der Waals surface area (Å²) in [4.78, 5) is 0. The molecule has 2 aromatic rings. The second kappa shape index (κ2) is 5.87. The van der Waals surface area contributed by atoms with E-state index in [1.165, 1.54) is 12.1 Å². The zero-order chi connectivity index (χ0) is 13.0. The van der Waals surface area contributed by atoms with Crippen LogP contribution in [0.3, 0.4) is 0 Å². The average Bonchev–Trinajstić information content (AvgIpc) is 2.37. The molecular weight excluding hydrogens is 299 g/mol. The van der Waals surface area contributed by atoms with E-state index < -0.39 is 0 Å². The highest BCUT2D eigenvalue weighted by Gasteiger charge is 2.03. The summed E-state index contributed by atoms with van der Waals surface area (Å²) in [6, 6.07) is 11.8. The molecule has 0 unspecified atom stereocenters. The van der Waals surface area contributed by atoms with E-state index in [2.05, 4.69) is 15.9 Å². The van der Waals surface area contributed by atoms with Crippen LogP contribution in [0.2, 0.25) is 0 Å². The van der Waals surface area contributed by atoms with Gasteiger partial charge in [-0.05, 0) is 51.8 Å². The zero-order valence-corrected chi connectivity index (χ0v) is 11.4. The lowest BCUT2D eigenvalue weighted by Gasteiger charge is -2.09. The molecule has 2 nitrogen and oxygen atoms in total. The predicted octanol–water partition coefficient (Wildman–Crippen LogP) is 4.18. The van der Waals surface area contributed by atoms with E-state index in [-0.39, 0.29) is 5.82 Å². The highest BCUT2D eigenvalue weighted by molar-refractivity contribution is 9.10. The Morgan fingerprint density at radius 1 is 1.17 bits per heavy atom. The summed E-state index contributed by atoms with van der Waals surface area (Å²) in [5.74, 6) is 1.19. The average molecular weight is 311 g/mol. The van der Waals surface area contributed by atoms with E-state index in [0.717, 1.165) is 15.8 Å². The van der Waals surface area contributed by atoms with Crippen molar-refractivity contribution in [1.82, 2.24) is 0 Å². The molecule has 0 heterocycles. The number of methoxy groups -OCH3 is 1. The van der Waals surface area contributed by atoms with Gasteiger partial charge in [-0.25, -0.2) is 4.39 Å². The maximum absolute atomic E-state index is 13.0. The summed E-state index contributed by atoms with van der Waals surface area (Å²) in [7, 11) is 1.61. The van der Waals surface area contributed by atoms with Gasteiger partial charge in [0.1, 0.15) is 23.9 Å². The normalized spacial score (nSPS) is 10.2. The summed E-state index contributed by atoms with van der Waals surface area (Å²) in [5.41, 5.74) is 0.790. The van der Waals surface area contributed by atoms with E-state index in [9.17, 15) is 4.39 Å². The van der Waals surface area contributed by atoms with Crippen molar-refractivity contribution < 1.29 is 13.9 Å². The summed E-state index contributed by atoms with van der Waals surface area (Å²) in [5, 5.41) is 0. The molecule has 0 atom stereocenters. The molecule has 0 saturated heterocycles. The van der Waals surface area contributed by atoms with Crippen LogP contribution in [0.25, 0.3) is 0 Å². The van der Waals surface area contributed by atoms with E-state index in [0.29, 0.717) is 12.4 Å². The number of benzene rings is 2. The Morgan fingerprint density at radius 2 is 2.00 bits per heavy atom. The molecule has 94 valence electrons. The second-order valence-electron chi connectivity index (χ2n) is 3.71. The third-order valence-electron chi connectivity index (χ3n) is 2.42. The minimum absolute atomic E-state index is 0.259. The molecule has 0 aliphatic heterocycles. The maximum Gasteiger partial charge on any atom is 0.134 e. The van der Waals surface area contributed by atoms with E-state index in [1.54, 1.807) is 13.2 Å². The first kappa shape index (κ1) is 12.9. The minimum atomic E-state index is -0.259. The lowest BCUT2D eigenvalue weighted by Crippen LogP contribution is -1.96. The van der Waals surface area contributed by atoms with Gasteiger partial charge in [-0.1, -0.05) is 12.1 Å². The molecule has 2 aromatic carbocycles. The summed E-state index contributed by atoms with van der Waals surface area (Å²) in [6.07, 6.45) is 0. The standard InChI is InChI=1S/C14H12BrFO2/c1-17-12-5-6-14(13(15)8-12)18-9-10-3-2-4-11(16)7-10/h2-8H,9H2,1H3. The van der Waals surface area contributed by atoms with Crippen LogP contribution < -0.4 is 9.47 Å². The maximum atomic E-state index is 13.0. The van der Waals surface area contributed by atoms with Crippen LogP contribution in [0.1, 0.15) is 5.56 Å².